The van der Waals surface area contributed by atoms with Crippen molar-refractivity contribution in [3.63, 3.8) is 0 Å². The van der Waals surface area contributed by atoms with E-state index in [1.165, 1.54) is 10.4 Å². The molecule has 4 heteroatoms. The molecule has 18 heavy (non-hydrogen) atoms. The zero-order valence-electron chi connectivity index (χ0n) is 11.4. The quantitative estimate of drug-likeness (QED) is 0.801. The van der Waals surface area contributed by atoms with E-state index >= 15 is 0 Å². The summed E-state index contributed by atoms with van der Waals surface area (Å²) in [6.07, 6.45) is 1.57. The summed E-state index contributed by atoms with van der Waals surface area (Å²) in [7, 11) is 0. The van der Waals surface area contributed by atoms with Crippen molar-refractivity contribution in [1.82, 2.24) is 10.2 Å². The van der Waals surface area contributed by atoms with Crippen molar-refractivity contribution in [3.8, 4) is 0 Å². The lowest BCUT2D eigenvalue weighted by Crippen LogP contribution is -2.44. The van der Waals surface area contributed by atoms with Crippen LogP contribution in [0, 0.1) is 6.92 Å². The second-order valence-corrected chi connectivity index (χ2v) is 5.91. The maximum atomic E-state index is 5.68. The number of hydrogen-bond donors (Lipinski definition) is 1. The van der Waals surface area contributed by atoms with Crippen LogP contribution < -0.4 is 5.32 Å². The molecular formula is C14H24N2OS. The van der Waals surface area contributed by atoms with Crippen LogP contribution >= 0.6 is 11.3 Å². The Morgan fingerprint density at radius 1 is 1.56 bits per heavy atom. The molecule has 0 saturated carbocycles. The highest BCUT2D eigenvalue weighted by molar-refractivity contribution is 7.10. The van der Waals surface area contributed by atoms with E-state index in [0.717, 1.165) is 45.8 Å². The number of ether oxygens (including phenoxy) is 1. The Morgan fingerprint density at radius 3 is 3.17 bits per heavy atom. The number of morpholine rings is 1. The number of hydrogen-bond acceptors (Lipinski definition) is 4. The molecule has 1 saturated heterocycles. The van der Waals surface area contributed by atoms with Crippen LogP contribution in [-0.4, -0.2) is 43.8 Å². The number of thiophene rings is 1. The first-order chi connectivity index (χ1) is 8.79. The molecule has 1 aliphatic heterocycles. The minimum atomic E-state index is 0.443. The fraction of sp³-hybridized carbons (Fsp3) is 0.714. The summed E-state index contributed by atoms with van der Waals surface area (Å²) in [6.45, 7) is 10.6. The SMILES string of the molecule is CCC1CN(CCNCc2sccc2C)CCO1. The highest BCUT2D eigenvalue weighted by Crippen LogP contribution is 2.14. The molecule has 0 aliphatic carbocycles. The van der Waals surface area contributed by atoms with Crippen LogP contribution in [-0.2, 0) is 11.3 Å². The molecule has 3 nitrogen and oxygen atoms in total. The fourth-order valence-corrected chi connectivity index (χ4v) is 3.13. The van der Waals surface area contributed by atoms with E-state index in [1.54, 1.807) is 0 Å². The molecule has 1 aliphatic rings. The first-order valence-corrected chi connectivity index (χ1v) is 7.75. The largest absolute Gasteiger partial charge is 0.376 e. The molecule has 1 unspecified atom stereocenters. The molecular weight excluding hydrogens is 244 g/mol. The predicted molar refractivity (Wildman–Crippen MR) is 77.2 cm³/mol. The van der Waals surface area contributed by atoms with Crippen molar-refractivity contribution in [2.45, 2.75) is 32.9 Å². The summed E-state index contributed by atoms with van der Waals surface area (Å²) in [5.74, 6) is 0. The fourth-order valence-electron chi connectivity index (χ4n) is 2.25. The average Bonchev–Trinajstić information content (AvgIpc) is 2.81. The first kappa shape index (κ1) is 14.0. The minimum Gasteiger partial charge on any atom is -0.376 e. The third kappa shape index (κ3) is 4.05. The molecule has 1 N–H and O–H groups in total. The summed E-state index contributed by atoms with van der Waals surface area (Å²) < 4.78 is 5.68. The van der Waals surface area contributed by atoms with E-state index in [-0.39, 0.29) is 0 Å². The molecule has 0 spiro atoms. The van der Waals surface area contributed by atoms with Crippen molar-refractivity contribution < 1.29 is 4.74 Å². The average molecular weight is 268 g/mol. The standard InChI is InChI=1S/C14H24N2OS/c1-3-13-11-16(7-8-17-13)6-5-15-10-14-12(2)4-9-18-14/h4,9,13,15H,3,5-8,10-11H2,1-2H3. The van der Waals surface area contributed by atoms with Gasteiger partial charge in [-0.15, -0.1) is 11.3 Å². The Balaban J connectivity index is 1.62. The van der Waals surface area contributed by atoms with Gasteiger partial charge in [0.2, 0.25) is 0 Å². The molecule has 0 amide bonds. The Kier molecular flexibility index (Phi) is 5.63. The van der Waals surface area contributed by atoms with Crippen LogP contribution in [0.1, 0.15) is 23.8 Å². The van der Waals surface area contributed by atoms with Crippen LogP contribution in [0.4, 0.5) is 0 Å². The normalized spacial score (nSPS) is 21.3. The Hall–Kier alpha value is -0.420. The Morgan fingerprint density at radius 2 is 2.44 bits per heavy atom. The summed E-state index contributed by atoms with van der Waals surface area (Å²) in [5, 5.41) is 5.70. The van der Waals surface area contributed by atoms with E-state index in [1.807, 2.05) is 11.3 Å². The van der Waals surface area contributed by atoms with Crippen LogP contribution in [0.3, 0.4) is 0 Å². The third-order valence-electron chi connectivity index (χ3n) is 3.54. The van der Waals surface area contributed by atoms with Gasteiger partial charge < -0.3 is 10.1 Å². The van der Waals surface area contributed by atoms with Gasteiger partial charge >= 0.3 is 0 Å². The van der Waals surface area contributed by atoms with Gasteiger partial charge in [0.25, 0.3) is 0 Å². The Labute approximate surface area is 114 Å². The van der Waals surface area contributed by atoms with Crippen molar-refractivity contribution in [2.75, 3.05) is 32.8 Å². The van der Waals surface area contributed by atoms with Crippen molar-refractivity contribution in [1.29, 1.82) is 0 Å². The maximum absolute atomic E-state index is 5.68. The van der Waals surface area contributed by atoms with Gasteiger partial charge in [0.1, 0.15) is 0 Å². The van der Waals surface area contributed by atoms with E-state index in [4.69, 9.17) is 4.74 Å². The second-order valence-electron chi connectivity index (χ2n) is 4.91. The summed E-state index contributed by atoms with van der Waals surface area (Å²) in [5.41, 5.74) is 1.41. The molecule has 1 fully saturated rings. The molecule has 2 rings (SSSR count). The number of aryl methyl sites for hydroxylation is 1. The van der Waals surface area contributed by atoms with Gasteiger partial charge in [-0.05, 0) is 30.4 Å². The molecule has 0 bridgehead atoms. The highest BCUT2D eigenvalue weighted by Gasteiger charge is 2.17. The molecule has 0 aromatic carbocycles. The van der Waals surface area contributed by atoms with Crippen LogP contribution in [0.15, 0.2) is 11.4 Å². The zero-order chi connectivity index (χ0) is 12.8. The van der Waals surface area contributed by atoms with E-state index in [2.05, 4.69) is 35.5 Å². The van der Waals surface area contributed by atoms with Gasteiger partial charge in [0.05, 0.1) is 12.7 Å². The molecule has 0 radical (unpaired) electrons. The topological polar surface area (TPSA) is 24.5 Å². The lowest BCUT2D eigenvalue weighted by atomic mass is 10.2. The first-order valence-electron chi connectivity index (χ1n) is 6.87. The zero-order valence-corrected chi connectivity index (χ0v) is 12.3. The number of nitrogens with one attached hydrogen (secondary N) is 1. The summed E-state index contributed by atoms with van der Waals surface area (Å²) >= 11 is 1.84. The molecule has 1 aromatic heterocycles. The van der Waals surface area contributed by atoms with Gasteiger partial charge in [-0.2, -0.15) is 0 Å². The summed E-state index contributed by atoms with van der Waals surface area (Å²) in [4.78, 5) is 3.97. The van der Waals surface area contributed by atoms with Crippen LogP contribution in [0.5, 0.6) is 0 Å². The third-order valence-corrected chi connectivity index (χ3v) is 4.56. The van der Waals surface area contributed by atoms with Gasteiger partial charge in [-0.25, -0.2) is 0 Å². The second kappa shape index (κ2) is 7.24. The summed E-state index contributed by atoms with van der Waals surface area (Å²) in [6, 6.07) is 2.19. The minimum absolute atomic E-state index is 0.443. The number of nitrogens with zero attached hydrogens (tertiary/aromatic N) is 1. The maximum Gasteiger partial charge on any atom is 0.0700 e. The van der Waals surface area contributed by atoms with E-state index < -0.39 is 0 Å². The molecule has 1 aromatic rings. The van der Waals surface area contributed by atoms with Crippen LogP contribution in [0.25, 0.3) is 0 Å². The monoisotopic (exact) mass is 268 g/mol. The van der Waals surface area contributed by atoms with Gasteiger partial charge in [0.15, 0.2) is 0 Å². The van der Waals surface area contributed by atoms with Gasteiger partial charge in [-0.3, -0.25) is 4.90 Å². The molecule has 1 atom stereocenters. The highest BCUT2D eigenvalue weighted by atomic mass is 32.1. The van der Waals surface area contributed by atoms with Crippen LogP contribution in [0.2, 0.25) is 0 Å². The lowest BCUT2D eigenvalue weighted by molar-refractivity contribution is -0.0290. The molecule has 102 valence electrons. The van der Waals surface area contributed by atoms with Gasteiger partial charge in [0, 0.05) is 37.6 Å². The number of rotatable bonds is 6. The van der Waals surface area contributed by atoms with Crippen molar-refractivity contribution >= 4 is 11.3 Å². The lowest BCUT2D eigenvalue weighted by Gasteiger charge is -2.32. The van der Waals surface area contributed by atoms with E-state index in [0.29, 0.717) is 6.10 Å². The van der Waals surface area contributed by atoms with Crippen molar-refractivity contribution in [3.05, 3.63) is 21.9 Å². The van der Waals surface area contributed by atoms with Crippen molar-refractivity contribution in [2.24, 2.45) is 0 Å². The van der Waals surface area contributed by atoms with Gasteiger partial charge in [-0.1, -0.05) is 6.92 Å². The Bertz CT molecular complexity index is 353. The smallest absolute Gasteiger partial charge is 0.0700 e. The van der Waals surface area contributed by atoms with E-state index in [9.17, 15) is 0 Å². The predicted octanol–water partition coefficient (Wildman–Crippen LogP) is 2.26. The molecule has 2 heterocycles.